The third kappa shape index (κ3) is 3.61. The van der Waals surface area contributed by atoms with Gasteiger partial charge in [0.2, 0.25) is 5.91 Å². The van der Waals surface area contributed by atoms with Crippen molar-refractivity contribution in [2.45, 2.75) is 52.2 Å². The highest BCUT2D eigenvalue weighted by Crippen LogP contribution is 2.39. The van der Waals surface area contributed by atoms with Crippen molar-refractivity contribution in [3.63, 3.8) is 0 Å². The summed E-state index contributed by atoms with van der Waals surface area (Å²) in [5.74, 6) is 0.923. The summed E-state index contributed by atoms with van der Waals surface area (Å²) in [6.45, 7) is 8.23. The molecule has 0 radical (unpaired) electrons. The minimum Gasteiger partial charge on any atom is -0.487 e. The number of fused-ring (bicyclic) bond motifs is 1. The van der Waals surface area contributed by atoms with Crippen molar-refractivity contribution in [1.29, 1.82) is 0 Å². The third-order valence-electron chi connectivity index (χ3n) is 4.57. The summed E-state index contributed by atoms with van der Waals surface area (Å²) >= 11 is 0. The summed E-state index contributed by atoms with van der Waals surface area (Å²) in [6.07, 6.45) is 1.18. The topological polar surface area (TPSA) is 38.3 Å². The van der Waals surface area contributed by atoms with Crippen LogP contribution in [0.5, 0.6) is 5.75 Å². The Morgan fingerprint density at radius 3 is 2.75 bits per heavy atom. The van der Waals surface area contributed by atoms with E-state index in [-0.39, 0.29) is 17.6 Å². The molecule has 1 heterocycles. The lowest BCUT2D eigenvalue weighted by molar-refractivity contribution is -0.121. The first-order valence-corrected chi connectivity index (χ1v) is 8.47. The van der Waals surface area contributed by atoms with Crippen LogP contribution in [0, 0.1) is 13.8 Å². The fraction of sp³-hybridized carbons (Fsp3) is 0.381. The molecule has 1 aliphatic heterocycles. The Kier molecular flexibility index (Phi) is 4.35. The van der Waals surface area contributed by atoms with Gasteiger partial charge >= 0.3 is 0 Å². The predicted octanol–water partition coefficient (Wildman–Crippen LogP) is 4.26. The van der Waals surface area contributed by atoms with Crippen molar-refractivity contribution < 1.29 is 9.53 Å². The van der Waals surface area contributed by atoms with Crippen molar-refractivity contribution in [3.8, 4) is 5.75 Å². The number of carbonyl (C=O) groups excluding carboxylic acids is 1. The predicted molar refractivity (Wildman–Crippen MR) is 96.3 cm³/mol. The molecule has 0 saturated heterocycles. The Labute approximate surface area is 144 Å². The molecule has 1 N–H and O–H groups in total. The van der Waals surface area contributed by atoms with Crippen molar-refractivity contribution in [1.82, 2.24) is 5.32 Å². The summed E-state index contributed by atoms with van der Waals surface area (Å²) in [5, 5.41) is 3.21. The molecular formula is C21H25NO2. The zero-order valence-corrected chi connectivity index (χ0v) is 14.8. The van der Waals surface area contributed by atoms with Gasteiger partial charge in [0, 0.05) is 12.0 Å². The Hall–Kier alpha value is -2.29. The molecular weight excluding hydrogens is 298 g/mol. The van der Waals surface area contributed by atoms with Gasteiger partial charge in [0.25, 0.3) is 0 Å². The SMILES string of the molecule is Cc1ccc(C)c(CC(=O)N[C@@H]2CC(C)(C)Oc3ccccc32)c1. The van der Waals surface area contributed by atoms with E-state index in [2.05, 4.69) is 51.2 Å². The van der Waals surface area contributed by atoms with E-state index in [1.807, 2.05) is 24.3 Å². The molecule has 1 aliphatic rings. The molecule has 24 heavy (non-hydrogen) atoms. The number of hydrogen-bond donors (Lipinski definition) is 1. The first kappa shape index (κ1) is 16.6. The zero-order chi connectivity index (χ0) is 17.3. The maximum atomic E-state index is 12.6. The Morgan fingerprint density at radius 2 is 1.96 bits per heavy atom. The van der Waals surface area contributed by atoms with Gasteiger partial charge in [-0.25, -0.2) is 0 Å². The van der Waals surface area contributed by atoms with Crippen LogP contribution < -0.4 is 10.1 Å². The first-order valence-electron chi connectivity index (χ1n) is 8.47. The molecule has 2 aromatic rings. The molecule has 3 rings (SSSR count). The van der Waals surface area contributed by atoms with Crippen LogP contribution in [0.1, 0.15) is 48.6 Å². The van der Waals surface area contributed by atoms with E-state index in [0.29, 0.717) is 6.42 Å². The van der Waals surface area contributed by atoms with Gasteiger partial charge in [-0.05, 0) is 44.9 Å². The lowest BCUT2D eigenvalue weighted by Crippen LogP contribution is -2.41. The summed E-state index contributed by atoms with van der Waals surface area (Å²) in [6, 6.07) is 14.2. The van der Waals surface area contributed by atoms with Gasteiger partial charge in [0.05, 0.1) is 12.5 Å². The molecule has 0 aliphatic carbocycles. The molecule has 126 valence electrons. The monoisotopic (exact) mass is 323 g/mol. The molecule has 3 nitrogen and oxygen atoms in total. The second-order valence-electron chi connectivity index (χ2n) is 7.33. The molecule has 0 aromatic heterocycles. The van der Waals surface area contributed by atoms with Crippen LogP contribution >= 0.6 is 0 Å². The maximum Gasteiger partial charge on any atom is 0.224 e. The van der Waals surface area contributed by atoms with E-state index in [0.717, 1.165) is 28.9 Å². The maximum absolute atomic E-state index is 12.6. The standard InChI is InChI=1S/C21H25NO2/c1-14-9-10-15(2)16(11-14)12-20(23)22-18-13-21(3,4)24-19-8-6-5-7-17(18)19/h5-11,18H,12-13H2,1-4H3,(H,22,23)/t18-/m1/s1. The van der Waals surface area contributed by atoms with Crippen LogP contribution in [0.25, 0.3) is 0 Å². The van der Waals surface area contributed by atoms with Crippen LogP contribution in [0.15, 0.2) is 42.5 Å². The molecule has 0 saturated carbocycles. The number of ether oxygens (including phenoxy) is 1. The number of amides is 1. The number of nitrogens with one attached hydrogen (secondary N) is 1. The van der Waals surface area contributed by atoms with Gasteiger partial charge in [-0.15, -0.1) is 0 Å². The second-order valence-corrected chi connectivity index (χ2v) is 7.33. The highest BCUT2D eigenvalue weighted by atomic mass is 16.5. The average Bonchev–Trinajstić information content (AvgIpc) is 2.50. The van der Waals surface area contributed by atoms with E-state index < -0.39 is 0 Å². The molecule has 2 aromatic carbocycles. The smallest absolute Gasteiger partial charge is 0.224 e. The van der Waals surface area contributed by atoms with Crippen molar-refractivity contribution >= 4 is 5.91 Å². The quantitative estimate of drug-likeness (QED) is 0.916. The van der Waals surface area contributed by atoms with Crippen LogP contribution in [0.2, 0.25) is 0 Å². The second kappa shape index (κ2) is 6.31. The molecule has 0 spiro atoms. The van der Waals surface area contributed by atoms with Gasteiger partial charge in [-0.1, -0.05) is 42.0 Å². The number of aryl methyl sites for hydroxylation is 2. The summed E-state index contributed by atoms with van der Waals surface area (Å²) in [5.41, 5.74) is 4.20. The van der Waals surface area contributed by atoms with Crippen LogP contribution in [-0.4, -0.2) is 11.5 Å². The molecule has 1 amide bonds. The van der Waals surface area contributed by atoms with E-state index >= 15 is 0 Å². The number of hydrogen-bond acceptors (Lipinski definition) is 2. The van der Waals surface area contributed by atoms with Crippen molar-refractivity contribution in [3.05, 3.63) is 64.7 Å². The number of benzene rings is 2. The average molecular weight is 323 g/mol. The van der Waals surface area contributed by atoms with Crippen molar-refractivity contribution in [2.24, 2.45) is 0 Å². The van der Waals surface area contributed by atoms with E-state index in [1.165, 1.54) is 5.56 Å². The van der Waals surface area contributed by atoms with Gasteiger partial charge < -0.3 is 10.1 Å². The highest BCUT2D eigenvalue weighted by molar-refractivity contribution is 5.79. The minimum atomic E-state index is -0.286. The van der Waals surface area contributed by atoms with E-state index in [1.54, 1.807) is 0 Å². The Balaban J connectivity index is 1.78. The van der Waals surface area contributed by atoms with Gasteiger partial charge in [-0.2, -0.15) is 0 Å². The Morgan fingerprint density at radius 1 is 1.21 bits per heavy atom. The summed E-state index contributed by atoms with van der Waals surface area (Å²) in [7, 11) is 0. The van der Waals surface area contributed by atoms with E-state index in [9.17, 15) is 4.79 Å². The van der Waals surface area contributed by atoms with Gasteiger partial charge in [-0.3, -0.25) is 4.79 Å². The fourth-order valence-corrected chi connectivity index (χ4v) is 3.34. The zero-order valence-electron chi connectivity index (χ0n) is 14.8. The minimum absolute atomic E-state index is 0.0115. The summed E-state index contributed by atoms with van der Waals surface area (Å²) in [4.78, 5) is 12.6. The first-order chi connectivity index (χ1) is 11.3. The third-order valence-corrected chi connectivity index (χ3v) is 4.57. The highest BCUT2D eigenvalue weighted by Gasteiger charge is 2.34. The van der Waals surface area contributed by atoms with Gasteiger partial charge in [0.15, 0.2) is 0 Å². The van der Waals surface area contributed by atoms with Gasteiger partial charge in [0.1, 0.15) is 11.4 Å². The molecule has 0 bridgehead atoms. The largest absolute Gasteiger partial charge is 0.487 e. The molecule has 3 heteroatoms. The molecule has 0 fully saturated rings. The fourth-order valence-electron chi connectivity index (χ4n) is 3.34. The van der Waals surface area contributed by atoms with Crippen LogP contribution in [-0.2, 0) is 11.2 Å². The van der Waals surface area contributed by atoms with Crippen LogP contribution in [0.3, 0.4) is 0 Å². The number of rotatable bonds is 3. The molecule has 0 unspecified atom stereocenters. The summed E-state index contributed by atoms with van der Waals surface area (Å²) < 4.78 is 6.03. The normalized spacial score (nSPS) is 18.4. The van der Waals surface area contributed by atoms with E-state index in [4.69, 9.17) is 4.74 Å². The van der Waals surface area contributed by atoms with Crippen LogP contribution in [0.4, 0.5) is 0 Å². The Bertz CT molecular complexity index is 764. The number of para-hydroxylation sites is 1. The molecule has 1 atom stereocenters. The number of carbonyl (C=O) groups is 1. The lowest BCUT2D eigenvalue weighted by Gasteiger charge is -2.37. The van der Waals surface area contributed by atoms with Crippen molar-refractivity contribution in [2.75, 3.05) is 0 Å². The lowest BCUT2D eigenvalue weighted by atomic mass is 9.89.